The molecule has 2 amide bonds. The minimum absolute atomic E-state index is 0.303. The van der Waals surface area contributed by atoms with Gasteiger partial charge in [-0.15, -0.1) is 0 Å². The molecule has 2 atom stereocenters. The molecule has 1 heterocycles. The fourth-order valence-electron chi connectivity index (χ4n) is 3.73. The highest BCUT2D eigenvalue weighted by Crippen LogP contribution is 2.25. The summed E-state index contributed by atoms with van der Waals surface area (Å²) in [5.41, 5.74) is 0. The number of benzene rings is 2. The van der Waals surface area contributed by atoms with E-state index in [1.165, 1.54) is 37.7 Å². The fourth-order valence-corrected chi connectivity index (χ4v) is 5.45. The minimum Gasteiger partial charge on any atom is -0.484 e. The van der Waals surface area contributed by atoms with Gasteiger partial charge in [0.05, 0.1) is 40.6 Å². The van der Waals surface area contributed by atoms with Crippen molar-refractivity contribution in [2.24, 2.45) is 0 Å². The molecule has 0 saturated carbocycles. The van der Waals surface area contributed by atoms with Crippen LogP contribution in [-0.4, -0.2) is 113 Å². The lowest BCUT2D eigenvalue weighted by Crippen LogP contribution is -2.45. The van der Waals surface area contributed by atoms with Gasteiger partial charge in [0, 0.05) is 23.0 Å². The van der Waals surface area contributed by atoms with Gasteiger partial charge in [0.25, 0.3) is 11.8 Å². The lowest BCUT2D eigenvalue weighted by atomic mass is 10.1. The van der Waals surface area contributed by atoms with E-state index in [9.17, 15) is 19.2 Å². The van der Waals surface area contributed by atoms with Crippen molar-refractivity contribution < 1.29 is 47.6 Å². The number of fused-ring (bicyclic) bond motifs is 2. The Morgan fingerprint density at radius 2 is 1.17 bits per heavy atom. The van der Waals surface area contributed by atoms with Crippen LogP contribution in [0.5, 0.6) is 11.5 Å². The number of rotatable bonds is 2. The summed E-state index contributed by atoms with van der Waals surface area (Å²) in [5, 5.41) is 6.97. The third-order valence-electron chi connectivity index (χ3n) is 5.85. The summed E-state index contributed by atoms with van der Waals surface area (Å²) < 4.78 is 32.1. The molecule has 2 aromatic rings. The number of ether oxygens (including phenoxy) is 6. The van der Waals surface area contributed by atoms with Crippen molar-refractivity contribution in [1.82, 2.24) is 10.6 Å². The normalized spacial score (nSPS) is 20.8. The van der Waals surface area contributed by atoms with Gasteiger partial charge in [0.2, 0.25) is 0 Å². The maximum Gasteiger partial charge on any atom is 0.329 e. The lowest BCUT2D eigenvalue weighted by molar-refractivity contribution is -0.144. The Hall–Kier alpha value is -3.20. The summed E-state index contributed by atoms with van der Waals surface area (Å²) in [6, 6.07) is 8.94. The molecule has 42 heavy (non-hydrogen) atoms. The zero-order chi connectivity index (χ0) is 30.2. The van der Waals surface area contributed by atoms with Crippen molar-refractivity contribution in [3.63, 3.8) is 0 Å². The van der Waals surface area contributed by atoms with Crippen molar-refractivity contribution in [3.05, 3.63) is 36.4 Å². The zero-order valence-corrected chi connectivity index (χ0v) is 25.2. The second-order valence-corrected chi connectivity index (χ2v) is 11.2. The van der Waals surface area contributed by atoms with Gasteiger partial charge in [-0.05, 0) is 35.0 Å². The van der Waals surface area contributed by atoms with E-state index in [2.05, 4.69) is 10.6 Å². The number of nitrogens with one attached hydrogen (secondary N) is 2. The van der Waals surface area contributed by atoms with Crippen molar-refractivity contribution in [3.8, 4) is 11.5 Å². The average Bonchev–Trinajstić information content (AvgIpc) is 3.00. The molecule has 3 rings (SSSR count). The first-order valence-electron chi connectivity index (χ1n) is 13.2. The van der Waals surface area contributed by atoms with Crippen LogP contribution < -0.4 is 20.1 Å². The van der Waals surface area contributed by atoms with E-state index in [0.29, 0.717) is 60.9 Å². The molecule has 12 nitrogen and oxygen atoms in total. The molecule has 0 spiro atoms. The standard InChI is InChI=1S/C28H36N2O10S2/c1-35-27(33)23-17-41-11-9-37-7-8-38-10-12-42-18-24(28(34)36-2)30-26(32)16-40-22-6-4-19-3-5-21(13-20(19)14-22)39-15-25(31)29-23/h3-6,13-14,23-24H,7-12,15-18H2,1-2H3,(H,29,31)(H,30,32)/t23-,24-/m0/s1. The first-order chi connectivity index (χ1) is 20.4. The molecule has 0 aliphatic carbocycles. The Kier molecular flexibility index (Phi) is 14.6. The Labute approximate surface area is 252 Å². The van der Waals surface area contributed by atoms with E-state index < -0.39 is 35.8 Å². The predicted octanol–water partition coefficient (Wildman–Crippen LogP) is 1.43. The number of amides is 2. The Morgan fingerprint density at radius 3 is 1.60 bits per heavy atom. The smallest absolute Gasteiger partial charge is 0.329 e. The first-order valence-corrected chi connectivity index (χ1v) is 15.6. The molecule has 0 fully saturated rings. The number of hydrogen-bond donors (Lipinski definition) is 2. The Morgan fingerprint density at radius 1 is 0.714 bits per heavy atom. The van der Waals surface area contributed by atoms with E-state index in [1.54, 1.807) is 24.3 Å². The van der Waals surface area contributed by atoms with Gasteiger partial charge < -0.3 is 39.1 Å². The number of thioether (sulfide) groups is 2. The lowest BCUT2D eigenvalue weighted by Gasteiger charge is -2.17. The van der Waals surface area contributed by atoms with E-state index in [1.807, 2.05) is 12.1 Å². The molecule has 230 valence electrons. The Balaban J connectivity index is 1.67. The van der Waals surface area contributed by atoms with Crippen LogP contribution in [0.3, 0.4) is 0 Å². The number of hydrogen-bond acceptors (Lipinski definition) is 12. The highest BCUT2D eigenvalue weighted by atomic mass is 32.2. The molecule has 0 saturated heterocycles. The van der Waals surface area contributed by atoms with E-state index in [-0.39, 0.29) is 13.2 Å². The quantitative estimate of drug-likeness (QED) is 0.466. The third-order valence-corrected chi connectivity index (χ3v) is 7.90. The van der Waals surface area contributed by atoms with Gasteiger partial charge in [-0.2, -0.15) is 23.5 Å². The highest BCUT2D eigenvalue weighted by Gasteiger charge is 2.23. The van der Waals surface area contributed by atoms with Crippen molar-refractivity contribution in [2.45, 2.75) is 12.1 Å². The molecule has 0 aromatic heterocycles. The molecular weight excluding hydrogens is 588 g/mol. The number of methoxy groups -OCH3 is 2. The van der Waals surface area contributed by atoms with Gasteiger partial charge in [-0.25, -0.2) is 9.59 Å². The second-order valence-electron chi connectivity index (χ2n) is 8.91. The molecule has 1 aliphatic heterocycles. The minimum atomic E-state index is -0.827. The van der Waals surface area contributed by atoms with Crippen LogP contribution in [0.1, 0.15) is 0 Å². The summed E-state index contributed by atoms with van der Waals surface area (Å²) in [7, 11) is 2.54. The topological polar surface area (TPSA) is 148 Å². The van der Waals surface area contributed by atoms with Crippen LogP contribution in [0.25, 0.3) is 10.8 Å². The van der Waals surface area contributed by atoms with Crippen molar-refractivity contribution in [1.29, 1.82) is 0 Å². The number of carbonyl (C=O) groups is 4. The van der Waals surface area contributed by atoms with Gasteiger partial charge in [0.1, 0.15) is 23.6 Å². The SMILES string of the molecule is COC(=O)[C@@H]1CSCCOCCOCCSC[C@@H](C(=O)OC)NC(=O)COc2ccc3ccc(cc3c2)OCC(=O)N1. The fraction of sp³-hybridized carbons (Fsp3) is 0.500. The number of esters is 2. The summed E-state index contributed by atoms with van der Waals surface area (Å²) in [5.74, 6) is 0.705. The maximum atomic E-state index is 12.5. The summed E-state index contributed by atoms with van der Waals surface area (Å²) in [6.07, 6.45) is 0. The van der Waals surface area contributed by atoms with Crippen LogP contribution in [0.15, 0.2) is 36.4 Å². The van der Waals surface area contributed by atoms with Crippen LogP contribution in [0.2, 0.25) is 0 Å². The third kappa shape index (κ3) is 11.6. The van der Waals surface area contributed by atoms with Crippen LogP contribution in [-0.2, 0) is 38.1 Å². The zero-order valence-electron chi connectivity index (χ0n) is 23.6. The molecule has 0 unspecified atom stereocenters. The first kappa shape index (κ1) is 33.3. The second kappa shape index (κ2) is 18.4. The summed E-state index contributed by atoms with van der Waals surface area (Å²) >= 11 is 2.90. The van der Waals surface area contributed by atoms with E-state index in [4.69, 9.17) is 28.4 Å². The monoisotopic (exact) mass is 624 g/mol. The number of carbonyl (C=O) groups excluding carboxylic acids is 4. The summed E-state index contributed by atoms with van der Waals surface area (Å²) in [4.78, 5) is 49.4. The molecular formula is C28H36N2O10S2. The van der Waals surface area contributed by atoms with Gasteiger partial charge >= 0.3 is 11.9 Å². The predicted molar refractivity (Wildman–Crippen MR) is 159 cm³/mol. The van der Waals surface area contributed by atoms with Crippen molar-refractivity contribution in [2.75, 3.05) is 76.9 Å². The molecule has 14 heteroatoms. The molecule has 0 radical (unpaired) electrons. The van der Waals surface area contributed by atoms with Gasteiger partial charge in [0.15, 0.2) is 13.2 Å². The van der Waals surface area contributed by atoms with E-state index in [0.717, 1.165) is 10.8 Å². The van der Waals surface area contributed by atoms with E-state index >= 15 is 0 Å². The van der Waals surface area contributed by atoms with Crippen molar-refractivity contribution >= 4 is 58.0 Å². The molecule has 1 aliphatic rings. The largest absolute Gasteiger partial charge is 0.484 e. The molecule has 2 N–H and O–H groups in total. The highest BCUT2D eigenvalue weighted by molar-refractivity contribution is 7.99. The Bertz CT molecular complexity index is 1110. The van der Waals surface area contributed by atoms with Crippen LogP contribution in [0.4, 0.5) is 0 Å². The summed E-state index contributed by atoms with van der Waals surface area (Å²) in [6.45, 7) is 1.08. The van der Waals surface area contributed by atoms with Crippen LogP contribution >= 0.6 is 23.5 Å². The average molecular weight is 625 g/mol. The van der Waals surface area contributed by atoms with Crippen LogP contribution in [0, 0.1) is 0 Å². The molecule has 3 bridgehead atoms. The molecule has 2 aromatic carbocycles. The van der Waals surface area contributed by atoms with Gasteiger partial charge in [-0.1, -0.05) is 12.1 Å². The van der Waals surface area contributed by atoms with Gasteiger partial charge in [-0.3, -0.25) is 9.59 Å². The maximum absolute atomic E-state index is 12.5.